The molecule has 94 valence electrons. The van der Waals surface area contributed by atoms with Crippen molar-refractivity contribution in [3.05, 3.63) is 62.3 Å². The van der Waals surface area contributed by atoms with Crippen LogP contribution in [0.2, 0.25) is 10.0 Å². The van der Waals surface area contributed by atoms with E-state index in [4.69, 9.17) is 23.2 Å². The lowest BCUT2D eigenvalue weighted by molar-refractivity contribution is 0.628. The molecule has 1 nitrogen and oxygen atoms in total. The summed E-state index contributed by atoms with van der Waals surface area (Å²) in [5.74, 6) is -0.448. The maximum Gasteiger partial charge on any atom is 0.126 e. The van der Waals surface area contributed by atoms with Crippen molar-refractivity contribution in [2.45, 2.75) is 6.54 Å². The number of halogens is 4. The van der Waals surface area contributed by atoms with Crippen LogP contribution in [0.4, 0.5) is 10.1 Å². The Kier molecular flexibility index (Phi) is 4.49. The summed E-state index contributed by atoms with van der Waals surface area (Å²) in [5.41, 5.74) is 1.60. The molecule has 2 rings (SSSR count). The second kappa shape index (κ2) is 5.91. The zero-order valence-corrected chi connectivity index (χ0v) is 12.3. The maximum absolute atomic E-state index is 13.0. The maximum atomic E-state index is 13.0. The molecular weight excluding hydrogens is 340 g/mol. The third-order valence-corrected chi connectivity index (χ3v) is 3.79. The quantitative estimate of drug-likeness (QED) is 0.771. The molecule has 0 saturated heterocycles. The van der Waals surface area contributed by atoms with Crippen LogP contribution in [0.25, 0.3) is 0 Å². The van der Waals surface area contributed by atoms with E-state index in [1.165, 1.54) is 12.1 Å². The summed E-state index contributed by atoms with van der Waals surface area (Å²) < 4.78 is 14.0. The lowest BCUT2D eigenvalue weighted by Gasteiger charge is -2.11. The molecule has 0 bridgehead atoms. The minimum absolute atomic E-state index is 0.270. The van der Waals surface area contributed by atoms with E-state index in [1.807, 2.05) is 24.3 Å². The third kappa shape index (κ3) is 3.16. The van der Waals surface area contributed by atoms with E-state index in [0.717, 1.165) is 10.0 Å². The summed E-state index contributed by atoms with van der Waals surface area (Å²) in [7, 11) is 0. The summed E-state index contributed by atoms with van der Waals surface area (Å²) in [4.78, 5) is 0. The summed E-state index contributed by atoms with van der Waals surface area (Å²) in [6.07, 6.45) is 0. The van der Waals surface area contributed by atoms with Crippen molar-refractivity contribution in [2.75, 3.05) is 5.32 Å². The Hall–Kier alpha value is -0.770. The molecule has 0 aromatic heterocycles. The van der Waals surface area contributed by atoms with Crippen LogP contribution in [-0.2, 0) is 6.54 Å². The molecule has 5 heteroatoms. The molecule has 0 amide bonds. The van der Waals surface area contributed by atoms with Crippen molar-refractivity contribution in [2.24, 2.45) is 0 Å². The van der Waals surface area contributed by atoms with E-state index in [1.54, 1.807) is 0 Å². The summed E-state index contributed by atoms with van der Waals surface area (Å²) in [6.45, 7) is 0.548. The Morgan fingerprint density at radius 1 is 1.11 bits per heavy atom. The first-order chi connectivity index (χ1) is 8.58. The van der Waals surface area contributed by atoms with Gasteiger partial charge < -0.3 is 5.32 Å². The normalized spacial score (nSPS) is 10.4. The minimum atomic E-state index is -0.448. The number of hydrogen-bond acceptors (Lipinski definition) is 1. The molecule has 0 aliphatic carbocycles. The van der Waals surface area contributed by atoms with Gasteiger partial charge in [-0.1, -0.05) is 57.3 Å². The zero-order valence-electron chi connectivity index (χ0n) is 9.18. The van der Waals surface area contributed by atoms with Gasteiger partial charge in [0.1, 0.15) is 5.82 Å². The number of rotatable bonds is 3. The van der Waals surface area contributed by atoms with Crippen LogP contribution in [0.15, 0.2) is 40.9 Å². The van der Waals surface area contributed by atoms with E-state index in [2.05, 4.69) is 21.2 Å². The molecule has 2 aromatic rings. The highest BCUT2D eigenvalue weighted by Crippen LogP contribution is 2.32. The van der Waals surface area contributed by atoms with Gasteiger partial charge in [-0.2, -0.15) is 0 Å². The average Bonchev–Trinajstić information content (AvgIpc) is 2.30. The lowest BCUT2D eigenvalue weighted by Crippen LogP contribution is -2.01. The van der Waals surface area contributed by atoms with Crippen molar-refractivity contribution >= 4 is 44.8 Å². The summed E-state index contributed by atoms with van der Waals surface area (Å²) in [6, 6.07) is 10.3. The third-order valence-electron chi connectivity index (χ3n) is 2.42. The van der Waals surface area contributed by atoms with Gasteiger partial charge >= 0.3 is 0 Å². The second-order valence-corrected chi connectivity index (χ2v) is 5.36. The van der Waals surface area contributed by atoms with Crippen LogP contribution >= 0.6 is 39.1 Å². The average molecular weight is 349 g/mol. The van der Waals surface area contributed by atoms with Crippen molar-refractivity contribution in [3.63, 3.8) is 0 Å². The van der Waals surface area contributed by atoms with Gasteiger partial charge in [-0.05, 0) is 23.8 Å². The van der Waals surface area contributed by atoms with Crippen molar-refractivity contribution in [1.82, 2.24) is 0 Å². The molecule has 0 heterocycles. The monoisotopic (exact) mass is 347 g/mol. The van der Waals surface area contributed by atoms with Crippen molar-refractivity contribution in [1.29, 1.82) is 0 Å². The molecule has 18 heavy (non-hydrogen) atoms. The number of benzene rings is 2. The van der Waals surface area contributed by atoms with Crippen LogP contribution in [0.1, 0.15) is 5.56 Å². The van der Waals surface area contributed by atoms with Crippen LogP contribution in [0, 0.1) is 5.82 Å². The minimum Gasteiger partial charge on any atom is -0.379 e. The van der Waals surface area contributed by atoms with Gasteiger partial charge in [0.2, 0.25) is 0 Å². The molecule has 0 spiro atoms. The first kappa shape index (κ1) is 13.7. The van der Waals surface area contributed by atoms with Crippen molar-refractivity contribution in [3.8, 4) is 0 Å². The van der Waals surface area contributed by atoms with E-state index >= 15 is 0 Å². The van der Waals surface area contributed by atoms with Crippen molar-refractivity contribution < 1.29 is 4.39 Å². The van der Waals surface area contributed by atoms with E-state index < -0.39 is 5.82 Å². The first-order valence-electron chi connectivity index (χ1n) is 5.20. The van der Waals surface area contributed by atoms with Crippen LogP contribution in [-0.4, -0.2) is 0 Å². The Morgan fingerprint density at radius 2 is 1.72 bits per heavy atom. The van der Waals surface area contributed by atoms with Crippen LogP contribution in [0.3, 0.4) is 0 Å². The number of anilines is 1. The number of nitrogens with one attached hydrogen (secondary N) is 1. The lowest BCUT2D eigenvalue weighted by atomic mass is 10.2. The summed E-state index contributed by atoms with van der Waals surface area (Å²) >= 11 is 15.3. The van der Waals surface area contributed by atoms with Gasteiger partial charge in [0.25, 0.3) is 0 Å². The Balaban J connectivity index is 2.19. The molecule has 0 radical (unpaired) electrons. The van der Waals surface area contributed by atoms with Gasteiger partial charge in [-0.25, -0.2) is 4.39 Å². The fourth-order valence-electron chi connectivity index (χ4n) is 1.54. The Morgan fingerprint density at radius 3 is 2.33 bits per heavy atom. The van der Waals surface area contributed by atoms with E-state index in [0.29, 0.717) is 12.2 Å². The highest BCUT2D eigenvalue weighted by atomic mass is 79.9. The fourth-order valence-corrected chi connectivity index (χ4v) is 2.56. The predicted octanol–water partition coefficient (Wildman–Crippen LogP) is 5.51. The molecule has 1 N–H and O–H groups in total. The van der Waals surface area contributed by atoms with Gasteiger partial charge in [0.15, 0.2) is 0 Å². The molecule has 2 aromatic carbocycles. The fraction of sp³-hybridized carbons (Fsp3) is 0.0769. The Bertz CT molecular complexity index is 552. The van der Waals surface area contributed by atoms with Crippen LogP contribution in [0.5, 0.6) is 0 Å². The van der Waals surface area contributed by atoms with Gasteiger partial charge in [-0.15, -0.1) is 0 Å². The predicted molar refractivity (Wildman–Crippen MR) is 77.9 cm³/mol. The first-order valence-corrected chi connectivity index (χ1v) is 6.74. The smallest absolute Gasteiger partial charge is 0.126 e. The zero-order chi connectivity index (χ0) is 13.1. The molecule has 0 saturated carbocycles. The van der Waals surface area contributed by atoms with Gasteiger partial charge in [0, 0.05) is 11.0 Å². The largest absolute Gasteiger partial charge is 0.379 e. The molecule has 0 fully saturated rings. The van der Waals surface area contributed by atoms with Gasteiger partial charge in [0.05, 0.1) is 15.7 Å². The van der Waals surface area contributed by atoms with Gasteiger partial charge in [-0.3, -0.25) is 0 Å². The number of hydrogen-bond donors (Lipinski definition) is 1. The topological polar surface area (TPSA) is 12.0 Å². The highest BCUT2D eigenvalue weighted by Gasteiger charge is 2.08. The van der Waals surface area contributed by atoms with Crippen LogP contribution < -0.4 is 5.32 Å². The molecule has 0 unspecified atom stereocenters. The molecule has 0 atom stereocenters. The Labute approximate surface area is 123 Å². The second-order valence-electron chi connectivity index (χ2n) is 3.69. The SMILES string of the molecule is Fc1cc(Cl)c(NCc2ccccc2Br)c(Cl)c1. The molecule has 0 aliphatic rings. The van der Waals surface area contributed by atoms with E-state index in [9.17, 15) is 4.39 Å². The molecular formula is C13H9BrCl2FN. The summed E-state index contributed by atoms with van der Waals surface area (Å²) in [5, 5.41) is 3.65. The molecule has 0 aliphatic heterocycles. The highest BCUT2D eigenvalue weighted by molar-refractivity contribution is 9.10. The standard InChI is InChI=1S/C13H9BrCl2FN/c14-10-4-2-1-3-8(10)7-18-13-11(15)5-9(17)6-12(13)16/h1-6,18H,7H2. The van der Waals surface area contributed by atoms with E-state index in [-0.39, 0.29) is 10.0 Å².